The van der Waals surface area contributed by atoms with Crippen molar-refractivity contribution in [2.75, 3.05) is 6.54 Å². The number of rotatable bonds is 9. The summed E-state index contributed by atoms with van der Waals surface area (Å²) in [5.74, 6) is -1.01. The molecule has 39 heavy (non-hydrogen) atoms. The van der Waals surface area contributed by atoms with Crippen LogP contribution in [0.4, 0.5) is 0 Å². The molecule has 1 fully saturated rings. The first-order chi connectivity index (χ1) is 18.1. The number of benzene rings is 1. The van der Waals surface area contributed by atoms with Crippen LogP contribution in [-0.4, -0.2) is 67.0 Å². The molecule has 1 aromatic carbocycles. The average molecular weight is 670 g/mol. The van der Waals surface area contributed by atoms with E-state index in [0.717, 1.165) is 21.7 Å². The molecule has 4 unspecified atom stereocenters. The quantitative estimate of drug-likeness (QED) is 0.185. The van der Waals surface area contributed by atoms with Crippen molar-refractivity contribution in [1.29, 1.82) is 0 Å². The van der Waals surface area contributed by atoms with Crippen molar-refractivity contribution < 1.29 is 19.5 Å². The fraction of sp³-hybridized carbons (Fsp3) is 0.571. The maximum atomic E-state index is 13.7. The van der Waals surface area contributed by atoms with Gasteiger partial charge in [0, 0.05) is 19.5 Å². The van der Waals surface area contributed by atoms with E-state index in [2.05, 4.69) is 43.5 Å². The molecular weight excluding hydrogens is 629 g/mol. The highest BCUT2D eigenvalue weighted by Gasteiger charge is 2.44. The monoisotopic (exact) mass is 669 g/mol. The molecule has 1 saturated heterocycles. The van der Waals surface area contributed by atoms with Crippen LogP contribution in [0.1, 0.15) is 59.2 Å². The Kier molecular flexibility index (Phi) is 10.2. The summed E-state index contributed by atoms with van der Waals surface area (Å²) in [4.78, 5) is 46.7. The van der Waals surface area contributed by atoms with Crippen LogP contribution in [0, 0.1) is 12.3 Å². The zero-order valence-electron chi connectivity index (χ0n) is 23.7. The number of nitrogens with one attached hydrogen (secondary N) is 3. The molecule has 0 radical (unpaired) electrons. The molecule has 9 nitrogen and oxygen atoms in total. The van der Waals surface area contributed by atoms with Gasteiger partial charge in [-0.1, -0.05) is 67.6 Å². The minimum atomic E-state index is -0.866. The Balaban J connectivity index is 1.68. The zero-order valence-corrected chi connectivity index (χ0v) is 26.6. The number of amides is 3. The van der Waals surface area contributed by atoms with E-state index in [1.165, 1.54) is 4.90 Å². The topological polar surface area (TPSA) is 124 Å². The van der Waals surface area contributed by atoms with Gasteiger partial charge in [0.1, 0.15) is 12.1 Å². The summed E-state index contributed by atoms with van der Waals surface area (Å²) >= 11 is 3.79. The number of aliphatic hydroxyl groups is 1. The number of aromatic nitrogens is 1. The molecule has 4 N–H and O–H groups in total. The van der Waals surface area contributed by atoms with Gasteiger partial charge in [0.15, 0.2) is 0 Å². The lowest BCUT2D eigenvalue weighted by Crippen LogP contribution is -2.60. The van der Waals surface area contributed by atoms with Crippen LogP contribution in [0.25, 0.3) is 10.4 Å². The Morgan fingerprint density at radius 1 is 1.18 bits per heavy atom. The van der Waals surface area contributed by atoms with Gasteiger partial charge in [-0.3, -0.25) is 19.7 Å². The van der Waals surface area contributed by atoms with E-state index in [9.17, 15) is 19.5 Å². The number of carbonyl (C=O) groups excluding carboxylic acids is 3. The van der Waals surface area contributed by atoms with Crippen molar-refractivity contribution in [2.45, 2.75) is 89.2 Å². The van der Waals surface area contributed by atoms with Crippen LogP contribution in [0.2, 0.25) is 0 Å². The molecule has 1 aromatic heterocycles. The zero-order chi connectivity index (χ0) is 29.1. The van der Waals surface area contributed by atoms with Crippen molar-refractivity contribution in [3.05, 3.63) is 41.0 Å². The van der Waals surface area contributed by atoms with Crippen LogP contribution in [0.3, 0.4) is 0 Å². The van der Waals surface area contributed by atoms with E-state index >= 15 is 0 Å². The van der Waals surface area contributed by atoms with Crippen molar-refractivity contribution in [3.63, 3.8) is 0 Å². The molecule has 3 rings (SSSR count). The second-order valence-corrected chi connectivity index (χ2v) is 15.3. The number of carbonyl (C=O) groups is 3. The smallest absolute Gasteiger partial charge is 0.246 e. The maximum Gasteiger partial charge on any atom is 0.246 e. The first-order valence-electron chi connectivity index (χ1n) is 13.1. The first-order valence-corrected chi connectivity index (χ1v) is 15.1. The molecule has 11 heteroatoms. The number of β-amino-alcohol motifs (C(OH)–C–C–N with tert-alkyl or cyclic N) is 1. The minimum Gasteiger partial charge on any atom is -0.391 e. The third kappa shape index (κ3) is 8.45. The predicted molar refractivity (Wildman–Crippen MR) is 162 cm³/mol. The number of thiazole rings is 1. The summed E-state index contributed by atoms with van der Waals surface area (Å²) < 4.78 is -0.307. The van der Waals surface area contributed by atoms with Crippen LogP contribution in [-0.2, 0) is 20.9 Å². The third-order valence-corrected chi connectivity index (χ3v) is 7.93. The van der Waals surface area contributed by atoms with Crippen molar-refractivity contribution >= 4 is 51.6 Å². The molecular formula is C28H40IN5O4S. The van der Waals surface area contributed by atoms with E-state index in [1.54, 1.807) is 18.3 Å². The van der Waals surface area contributed by atoms with E-state index in [4.69, 9.17) is 0 Å². The molecule has 0 spiro atoms. The average Bonchev–Trinajstić information content (AvgIpc) is 3.44. The van der Waals surface area contributed by atoms with Crippen LogP contribution in [0.15, 0.2) is 29.8 Å². The van der Waals surface area contributed by atoms with Gasteiger partial charge in [0.2, 0.25) is 17.7 Å². The van der Waals surface area contributed by atoms with Gasteiger partial charge in [0.05, 0.1) is 31.8 Å². The van der Waals surface area contributed by atoms with Crippen molar-refractivity contribution in [2.24, 2.45) is 5.41 Å². The van der Waals surface area contributed by atoms with E-state index in [-0.39, 0.29) is 34.2 Å². The summed E-state index contributed by atoms with van der Waals surface area (Å²) in [6.07, 6.45) is -0.671. The van der Waals surface area contributed by atoms with Gasteiger partial charge in [-0.15, -0.1) is 11.3 Å². The highest BCUT2D eigenvalue weighted by molar-refractivity contribution is 14.1. The number of alkyl halides is 1. The lowest BCUT2D eigenvalue weighted by atomic mass is 9.85. The molecule has 0 aliphatic carbocycles. The minimum absolute atomic E-state index is 0.0385. The number of halogens is 1. The van der Waals surface area contributed by atoms with Gasteiger partial charge in [-0.05, 0) is 44.2 Å². The van der Waals surface area contributed by atoms with Crippen molar-refractivity contribution in [1.82, 2.24) is 25.8 Å². The second-order valence-electron chi connectivity index (χ2n) is 11.7. The van der Waals surface area contributed by atoms with Crippen LogP contribution < -0.4 is 16.0 Å². The molecule has 214 valence electrons. The van der Waals surface area contributed by atoms with E-state index in [1.807, 2.05) is 71.3 Å². The number of aliphatic hydroxyl groups excluding tert-OH is 1. The number of aryl methyl sites for hydroxylation is 1. The number of nitrogens with zero attached hydrogens (tertiary/aromatic N) is 2. The summed E-state index contributed by atoms with van der Waals surface area (Å²) in [6, 6.07) is 5.71. The van der Waals surface area contributed by atoms with Crippen LogP contribution in [0.5, 0.6) is 0 Å². The lowest BCUT2D eigenvalue weighted by molar-refractivity contribution is -0.144. The maximum absolute atomic E-state index is 13.7. The first kappa shape index (κ1) is 31.4. The summed E-state index contributed by atoms with van der Waals surface area (Å²) in [5, 5.41) is 19.4. The SMILES string of the molecule is Cc1ncsc1-c1ccc(CNC(=O)C2CC(O)CN2C(=O)C(NC(=O)C(C)NC(C)(C)I)C(C)(C)C)cc1. The Morgan fingerprint density at radius 2 is 1.82 bits per heavy atom. The number of likely N-dealkylation sites (tertiary alicyclic amines) is 1. The van der Waals surface area contributed by atoms with Crippen molar-refractivity contribution in [3.8, 4) is 10.4 Å². The molecule has 4 atom stereocenters. The molecule has 1 aliphatic heterocycles. The van der Waals surface area contributed by atoms with Crippen LogP contribution >= 0.6 is 33.9 Å². The van der Waals surface area contributed by atoms with E-state index < -0.39 is 29.6 Å². The highest BCUT2D eigenvalue weighted by Crippen LogP contribution is 2.28. The predicted octanol–water partition coefficient (Wildman–Crippen LogP) is 3.38. The fourth-order valence-electron chi connectivity index (χ4n) is 4.63. The van der Waals surface area contributed by atoms with E-state index in [0.29, 0.717) is 6.54 Å². The third-order valence-electron chi connectivity index (χ3n) is 6.65. The largest absolute Gasteiger partial charge is 0.391 e. The fourth-order valence-corrected chi connectivity index (χ4v) is 5.91. The Hall–Kier alpha value is -2.09. The molecule has 0 saturated carbocycles. The summed E-state index contributed by atoms with van der Waals surface area (Å²) in [7, 11) is 0. The van der Waals surface area contributed by atoms with Gasteiger partial charge in [-0.25, -0.2) is 4.98 Å². The molecule has 3 amide bonds. The molecule has 1 aliphatic rings. The Labute approximate surface area is 248 Å². The summed E-state index contributed by atoms with van der Waals surface area (Å²) in [6.45, 7) is 13.6. The highest BCUT2D eigenvalue weighted by atomic mass is 127. The molecule has 2 heterocycles. The van der Waals surface area contributed by atoms with Gasteiger partial charge in [-0.2, -0.15) is 0 Å². The lowest BCUT2D eigenvalue weighted by Gasteiger charge is -2.36. The number of hydrogen-bond donors (Lipinski definition) is 4. The number of hydrogen-bond acceptors (Lipinski definition) is 7. The molecule has 0 bridgehead atoms. The standard InChI is InChI=1S/C28H40IN5O4S/c1-16-22(39-15-31-16)19-10-8-18(9-11-19)13-30-25(37)21-12-20(35)14-34(21)26(38)23(27(3,4)5)32-24(36)17(2)33-28(6,7)29/h8-11,15,17,20-21,23,33,35H,12-14H2,1-7H3,(H,30,37)(H,32,36). The molecule has 2 aromatic rings. The normalized spacial score (nSPS) is 19.5. The van der Waals surface area contributed by atoms with Gasteiger partial charge in [0.25, 0.3) is 0 Å². The Morgan fingerprint density at radius 3 is 2.36 bits per heavy atom. The van der Waals surface area contributed by atoms with Gasteiger partial charge >= 0.3 is 0 Å². The van der Waals surface area contributed by atoms with Gasteiger partial charge < -0.3 is 20.6 Å². The Bertz CT molecular complexity index is 1170. The summed E-state index contributed by atoms with van der Waals surface area (Å²) in [5.41, 5.74) is 4.18. The second kappa shape index (κ2) is 12.6.